The zero-order chi connectivity index (χ0) is 31.7. The number of carbonyl (C=O) groups excluding carboxylic acids is 1. The smallest absolute Gasteiger partial charge is 0.459 e. The summed E-state index contributed by atoms with van der Waals surface area (Å²) in [5.74, 6) is -1.19. The van der Waals surface area contributed by atoms with Crippen molar-refractivity contribution in [2.24, 2.45) is 0 Å². The third kappa shape index (κ3) is 6.83. The van der Waals surface area contributed by atoms with Crippen LogP contribution >= 0.6 is 19.3 Å². The predicted molar refractivity (Wildman–Crippen MR) is 151 cm³/mol. The van der Waals surface area contributed by atoms with Gasteiger partial charge in [0.15, 0.2) is 11.8 Å². The van der Waals surface area contributed by atoms with E-state index in [0.29, 0.717) is 15.3 Å². The Hall–Kier alpha value is -3.17. The van der Waals surface area contributed by atoms with Crippen molar-refractivity contribution in [2.45, 2.75) is 63.4 Å². The van der Waals surface area contributed by atoms with E-state index < -0.39 is 68.6 Å². The molecule has 0 spiro atoms. The summed E-state index contributed by atoms with van der Waals surface area (Å²) in [5.41, 5.74) is 1.34. The van der Waals surface area contributed by atoms with Crippen molar-refractivity contribution in [2.75, 3.05) is 12.3 Å². The van der Waals surface area contributed by atoms with Crippen molar-refractivity contribution < 1.29 is 46.9 Å². The molecule has 2 heterocycles. The third-order valence-corrected chi connectivity index (χ3v) is 8.42. The molecule has 13 nitrogen and oxygen atoms in total. The predicted octanol–water partition coefficient (Wildman–Crippen LogP) is 3.02. The molecule has 0 aliphatic carbocycles. The second-order valence-corrected chi connectivity index (χ2v) is 12.1. The van der Waals surface area contributed by atoms with E-state index >= 15 is 0 Å². The Morgan fingerprint density at radius 3 is 2.58 bits per heavy atom. The van der Waals surface area contributed by atoms with Crippen LogP contribution in [0, 0.1) is 0 Å². The second-order valence-electron chi connectivity index (χ2n) is 10.0. The van der Waals surface area contributed by atoms with Gasteiger partial charge in [-0.1, -0.05) is 48.0 Å². The Bertz CT molecular complexity index is 1590. The van der Waals surface area contributed by atoms with Crippen LogP contribution in [-0.4, -0.2) is 68.7 Å². The average Bonchev–Trinajstić information content (AvgIpc) is 3.20. The fourth-order valence-electron chi connectivity index (χ4n) is 4.34. The van der Waals surface area contributed by atoms with Crippen LogP contribution in [0.5, 0.6) is 5.75 Å². The number of aromatic nitrogens is 2. The van der Waals surface area contributed by atoms with Gasteiger partial charge < -0.3 is 29.9 Å². The number of nitrogens with two attached hydrogens (primary N) is 1. The van der Waals surface area contributed by atoms with Crippen LogP contribution in [0.3, 0.4) is 0 Å². The number of halogens is 3. The number of nitrogens with zero attached hydrogens (tertiary/aromatic N) is 2. The normalized spacial score (nSPS) is 24.3. The maximum atomic E-state index is 14.6. The highest BCUT2D eigenvalue weighted by Crippen LogP contribution is 2.50. The third-order valence-electron chi connectivity index (χ3n) is 6.52. The molecular formula is C26H30ClF2N4O9P. The first kappa shape index (κ1) is 32.7. The van der Waals surface area contributed by atoms with Gasteiger partial charge >= 0.3 is 19.4 Å². The minimum Gasteiger partial charge on any atom is -0.462 e. The number of nitrogens with one attached hydrogen (secondary N) is 1. The largest absolute Gasteiger partial charge is 0.462 e. The number of fused-ring (bicyclic) bond motifs is 1. The number of benzene rings is 2. The lowest BCUT2D eigenvalue weighted by Crippen LogP contribution is -2.53. The van der Waals surface area contributed by atoms with E-state index in [-0.39, 0.29) is 16.6 Å². The van der Waals surface area contributed by atoms with Gasteiger partial charge in [0.25, 0.3) is 6.43 Å². The van der Waals surface area contributed by atoms with Gasteiger partial charge in [-0.25, -0.2) is 18.1 Å². The molecular weight excluding hydrogens is 617 g/mol. The number of rotatable bonds is 11. The van der Waals surface area contributed by atoms with E-state index in [4.69, 9.17) is 35.9 Å². The lowest BCUT2D eigenvalue weighted by atomic mass is 9.96. The van der Waals surface area contributed by atoms with Crippen molar-refractivity contribution in [3.05, 3.63) is 64.2 Å². The molecule has 0 bridgehead atoms. The van der Waals surface area contributed by atoms with Crippen LogP contribution in [0.25, 0.3) is 10.8 Å². The summed E-state index contributed by atoms with van der Waals surface area (Å²) in [4.78, 5) is 28.4. The van der Waals surface area contributed by atoms with Crippen LogP contribution < -0.4 is 21.0 Å². The zero-order valence-electron chi connectivity index (χ0n) is 23.1. The van der Waals surface area contributed by atoms with Gasteiger partial charge in [0.05, 0.1) is 17.7 Å². The minimum atomic E-state index is -4.77. The van der Waals surface area contributed by atoms with E-state index in [9.17, 15) is 33.1 Å². The molecule has 0 radical (unpaired) electrons. The summed E-state index contributed by atoms with van der Waals surface area (Å²) >= 11 is 5.91. The van der Waals surface area contributed by atoms with E-state index in [1.807, 2.05) is 0 Å². The number of aliphatic hydroxyl groups excluding tert-OH is 2. The number of anilines is 1. The zero-order valence-corrected chi connectivity index (χ0v) is 24.7. The van der Waals surface area contributed by atoms with Crippen molar-refractivity contribution in [3.63, 3.8) is 0 Å². The fraction of sp³-hybridized carbons (Fsp3) is 0.423. The lowest BCUT2D eigenvalue weighted by molar-refractivity contribution is -0.192. The van der Waals surface area contributed by atoms with E-state index in [2.05, 4.69) is 10.1 Å². The van der Waals surface area contributed by atoms with Crippen LogP contribution in [0.1, 0.15) is 27.0 Å². The van der Waals surface area contributed by atoms with Crippen LogP contribution in [0.15, 0.2) is 53.5 Å². The SMILES string of the molecule is CC(C)OC(=O)[C@H](C)NP(=O)(OC[C@@]1(C(F)F)O[C@@H](n2cc(Cl)c(N)nc2=O)[C@H](O)[C@H]1O)Oc1cccc2ccccc12. The highest BCUT2D eigenvalue weighted by Gasteiger charge is 2.61. The number of nitrogen functional groups attached to an aromatic ring is 1. The van der Waals surface area contributed by atoms with Crippen LogP contribution in [0.4, 0.5) is 14.6 Å². The first-order chi connectivity index (χ1) is 20.2. The van der Waals surface area contributed by atoms with E-state index in [1.54, 1.807) is 50.2 Å². The lowest BCUT2D eigenvalue weighted by Gasteiger charge is -2.32. The molecule has 0 saturated carbocycles. The summed E-state index contributed by atoms with van der Waals surface area (Å²) in [6.07, 6.45) is -9.62. The molecule has 4 rings (SSSR count). The standard InChI is InChI=1S/C26H30ClF2N4O9P/c1-13(2)40-23(36)14(3)32-43(38,42-18-10-6-8-15-7-4-5-9-16(15)18)39-12-26(24(28)29)20(35)19(34)22(41-26)33-11-17(27)21(30)31-25(33)37/h4-11,13-14,19-20,22,24,34-35H,12H2,1-3H3,(H,32,38)(H2,30,31,37)/t14-,19+,20+,22+,26+,43?/m0/s1. The molecule has 0 amide bonds. The van der Waals surface area contributed by atoms with Crippen LogP contribution in [0.2, 0.25) is 5.02 Å². The Balaban J connectivity index is 1.69. The molecule has 3 aromatic rings. The van der Waals surface area contributed by atoms with Gasteiger partial charge in [0.2, 0.25) is 0 Å². The van der Waals surface area contributed by atoms with E-state index in [0.717, 1.165) is 6.20 Å². The monoisotopic (exact) mass is 646 g/mol. The van der Waals surface area contributed by atoms with Gasteiger partial charge in [-0.15, -0.1) is 0 Å². The molecule has 5 N–H and O–H groups in total. The summed E-state index contributed by atoms with van der Waals surface area (Å²) < 4.78 is 65.6. The molecule has 6 atom stereocenters. The summed E-state index contributed by atoms with van der Waals surface area (Å²) in [7, 11) is -4.77. The number of ether oxygens (including phenoxy) is 2. The van der Waals surface area contributed by atoms with Crippen LogP contribution in [-0.2, 0) is 23.4 Å². The molecule has 234 valence electrons. The highest BCUT2D eigenvalue weighted by molar-refractivity contribution is 7.52. The summed E-state index contributed by atoms with van der Waals surface area (Å²) in [6.45, 7) is 3.14. The number of alkyl halides is 2. The molecule has 1 unspecified atom stereocenters. The summed E-state index contributed by atoms with van der Waals surface area (Å²) in [5, 5.41) is 24.7. The Labute approximate surface area is 249 Å². The molecule has 1 fully saturated rings. The number of hydrogen-bond acceptors (Lipinski definition) is 11. The van der Waals surface area contributed by atoms with Gasteiger partial charge in [-0.2, -0.15) is 10.1 Å². The van der Waals surface area contributed by atoms with Crippen molar-refractivity contribution in [3.8, 4) is 5.75 Å². The first-order valence-corrected chi connectivity index (χ1v) is 14.9. The number of esters is 1. The quantitative estimate of drug-likeness (QED) is 0.177. The number of carbonyl (C=O) groups is 1. The Kier molecular flexibility index (Phi) is 9.76. The van der Waals surface area contributed by atoms with Gasteiger partial charge in [-0.05, 0) is 32.2 Å². The van der Waals surface area contributed by atoms with Crippen molar-refractivity contribution >= 4 is 41.9 Å². The van der Waals surface area contributed by atoms with E-state index in [1.165, 1.54) is 13.0 Å². The minimum absolute atomic E-state index is 0.0180. The Morgan fingerprint density at radius 2 is 1.91 bits per heavy atom. The molecule has 1 aromatic heterocycles. The molecule has 17 heteroatoms. The maximum Gasteiger partial charge on any atom is 0.459 e. The molecule has 1 saturated heterocycles. The topological polar surface area (TPSA) is 184 Å². The van der Waals surface area contributed by atoms with Gasteiger partial charge in [-0.3, -0.25) is 13.9 Å². The Morgan fingerprint density at radius 1 is 1.23 bits per heavy atom. The first-order valence-electron chi connectivity index (χ1n) is 12.9. The van der Waals surface area contributed by atoms with Crippen molar-refractivity contribution in [1.82, 2.24) is 14.6 Å². The fourth-order valence-corrected chi connectivity index (χ4v) is 6.04. The van der Waals surface area contributed by atoms with Crippen molar-refractivity contribution in [1.29, 1.82) is 0 Å². The average molecular weight is 647 g/mol. The molecule has 43 heavy (non-hydrogen) atoms. The maximum absolute atomic E-state index is 14.6. The molecule has 1 aliphatic heterocycles. The molecule has 1 aliphatic rings. The second kappa shape index (κ2) is 12.8. The van der Waals surface area contributed by atoms with Gasteiger partial charge in [0, 0.05) is 11.6 Å². The number of hydrogen-bond donors (Lipinski definition) is 4. The highest BCUT2D eigenvalue weighted by atomic mass is 35.5. The molecule has 2 aromatic carbocycles. The van der Waals surface area contributed by atoms with Gasteiger partial charge in [0.1, 0.15) is 29.8 Å². The number of aliphatic hydroxyl groups is 2. The summed E-state index contributed by atoms with van der Waals surface area (Å²) in [6, 6.07) is 10.3.